The number of hydrogen-bond donors (Lipinski definition) is 1. The molecule has 0 radical (unpaired) electrons. The molecule has 3 rings (SSSR count). The maximum atomic E-state index is 12.7. The smallest absolute Gasteiger partial charge is 0.356 e. The zero-order valence-electron chi connectivity index (χ0n) is 17.9. The van der Waals surface area contributed by atoms with Crippen LogP contribution in [0.3, 0.4) is 0 Å². The first kappa shape index (κ1) is 23.6. The van der Waals surface area contributed by atoms with Crippen LogP contribution in [0.1, 0.15) is 60.9 Å². The normalized spacial score (nSPS) is 19.1. The van der Waals surface area contributed by atoms with Crippen molar-refractivity contribution in [2.24, 2.45) is 5.92 Å². The number of likely N-dealkylation sites (tertiary alicyclic amines) is 2. The first-order valence-corrected chi connectivity index (χ1v) is 11.3. The minimum absolute atomic E-state index is 0.0393. The third kappa shape index (κ3) is 6.95. The van der Waals surface area contributed by atoms with Gasteiger partial charge in [0.1, 0.15) is 0 Å². The van der Waals surface area contributed by atoms with Gasteiger partial charge in [-0.3, -0.25) is 9.59 Å². The molecule has 0 aliphatic carbocycles. The van der Waals surface area contributed by atoms with Gasteiger partial charge in [-0.1, -0.05) is 12.8 Å². The Morgan fingerprint density at radius 1 is 0.935 bits per heavy atom. The molecule has 1 N–H and O–H groups in total. The van der Waals surface area contributed by atoms with Crippen LogP contribution in [-0.4, -0.2) is 60.9 Å². The van der Waals surface area contributed by atoms with Crippen molar-refractivity contribution in [1.29, 1.82) is 0 Å². The van der Waals surface area contributed by atoms with Crippen LogP contribution < -0.4 is 5.32 Å². The lowest BCUT2D eigenvalue weighted by Gasteiger charge is -2.31. The van der Waals surface area contributed by atoms with Gasteiger partial charge in [-0.2, -0.15) is 13.2 Å². The number of amides is 2. The van der Waals surface area contributed by atoms with Crippen LogP contribution in [0.5, 0.6) is 0 Å². The molecule has 5 nitrogen and oxygen atoms in total. The van der Waals surface area contributed by atoms with Gasteiger partial charge < -0.3 is 15.1 Å². The van der Waals surface area contributed by atoms with Crippen molar-refractivity contribution < 1.29 is 22.8 Å². The average molecular weight is 440 g/mol. The van der Waals surface area contributed by atoms with Gasteiger partial charge in [0, 0.05) is 31.1 Å². The molecule has 0 spiro atoms. The van der Waals surface area contributed by atoms with Gasteiger partial charge in [0.2, 0.25) is 5.91 Å². The van der Waals surface area contributed by atoms with Crippen LogP contribution in [0.4, 0.5) is 13.2 Å². The summed E-state index contributed by atoms with van der Waals surface area (Å²) in [7, 11) is 0. The average Bonchev–Trinajstić information content (AvgIpc) is 3.04. The fourth-order valence-electron chi connectivity index (χ4n) is 4.35. The largest absolute Gasteiger partial charge is 0.416 e. The molecule has 0 atom stereocenters. The van der Waals surface area contributed by atoms with Gasteiger partial charge in [-0.05, 0) is 76.0 Å². The van der Waals surface area contributed by atoms with Gasteiger partial charge in [0.05, 0.1) is 5.56 Å². The number of nitrogens with zero attached hydrogens (tertiary/aromatic N) is 2. The van der Waals surface area contributed by atoms with E-state index >= 15 is 0 Å². The lowest BCUT2D eigenvalue weighted by Crippen LogP contribution is -2.43. The van der Waals surface area contributed by atoms with Crippen molar-refractivity contribution >= 4 is 11.8 Å². The highest BCUT2D eigenvalue weighted by Gasteiger charge is 2.31. The highest BCUT2D eigenvalue weighted by Crippen LogP contribution is 2.29. The topological polar surface area (TPSA) is 52.7 Å². The Kier molecular flexibility index (Phi) is 8.35. The van der Waals surface area contributed by atoms with E-state index in [2.05, 4.69) is 10.2 Å². The van der Waals surface area contributed by atoms with Crippen LogP contribution in [0.25, 0.3) is 0 Å². The van der Waals surface area contributed by atoms with Crippen LogP contribution in [-0.2, 0) is 11.0 Å². The maximum absolute atomic E-state index is 12.7. The van der Waals surface area contributed by atoms with Crippen molar-refractivity contribution in [2.75, 3.05) is 39.3 Å². The Bertz CT molecular complexity index is 721. The highest BCUT2D eigenvalue weighted by molar-refractivity contribution is 5.94. The second kappa shape index (κ2) is 11.0. The number of halogens is 3. The molecule has 1 aromatic rings. The minimum atomic E-state index is -4.42. The van der Waals surface area contributed by atoms with Crippen LogP contribution in [0.2, 0.25) is 0 Å². The quantitative estimate of drug-likeness (QED) is 0.683. The second-order valence-electron chi connectivity index (χ2n) is 8.54. The Morgan fingerprint density at radius 2 is 1.55 bits per heavy atom. The van der Waals surface area contributed by atoms with E-state index in [0.29, 0.717) is 32.5 Å². The fraction of sp³-hybridized carbons (Fsp3) is 0.652. The molecule has 2 heterocycles. The first-order valence-electron chi connectivity index (χ1n) is 11.3. The lowest BCUT2D eigenvalue weighted by atomic mass is 9.95. The summed E-state index contributed by atoms with van der Waals surface area (Å²) in [5.41, 5.74) is -0.528. The summed E-state index contributed by atoms with van der Waals surface area (Å²) in [5.74, 6) is -0.364. The number of alkyl halides is 3. The molecule has 0 unspecified atom stereocenters. The van der Waals surface area contributed by atoms with Crippen molar-refractivity contribution in [3.63, 3.8) is 0 Å². The molecule has 8 heteroatoms. The standard InChI is InChI=1S/C23H32F3N3O2/c24-23(25,26)20-8-6-19(7-9-20)22(31)29-16-10-18(11-17-29)21(30)27-12-5-15-28-13-3-1-2-4-14-28/h6-9,18H,1-5,10-17H2,(H,27,30). The van der Waals surface area contributed by atoms with Crippen LogP contribution >= 0.6 is 0 Å². The maximum Gasteiger partial charge on any atom is 0.416 e. The summed E-state index contributed by atoms with van der Waals surface area (Å²) in [5, 5.41) is 3.03. The Balaban J connectivity index is 1.37. The number of hydrogen-bond acceptors (Lipinski definition) is 3. The molecular formula is C23H32F3N3O2. The Labute approximate surface area is 182 Å². The van der Waals surface area contributed by atoms with E-state index in [1.165, 1.54) is 37.8 Å². The SMILES string of the molecule is O=C(NCCCN1CCCCCC1)C1CCN(C(=O)c2ccc(C(F)(F)F)cc2)CC1. The number of rotatable bonds is 6. The molecule has 2 aliphatic heterocycles. The van der Waals surface area contributed by atoms with Crippen molar-refractivity contribution in [3.8, 4) is 0 Å². The summed E-state index contributed by atoms with van der Waals surface area (Å²) in [4.78, 5) is 29.1. The number of carbonyl (C=O) groups is 2. The zero-order chi connectivity index (χ0) is 22.3. The summed E-state index contributed by atoms with van der Waals surface area (Å²) in [6, 6.07) is 4.29. The highest BCUT2D eigenvalue weighted by atomic mass is 19.4. The van der Waals surface area contributed by atoms with E-state index in [4.69, 9.17) is 0 Å². The van der Waals surface area contributed by atoms with Crippen LogP contribution in [0, 0.1) is 5.92 Å². The second-order valence-corrected chi connectivity index (χ2v) is 8.54. The van der Waals surface area contributed by atoms with E-state index in [0.717, 1.165) is 38.2 Å². The molecular weight excluding hydrogens is 407 g/mol. The van der Waals surface area contributed by atoms with Gasteiger partial charge in [0.15, 0.2) is 0 Å². The van der Waals surface area contributed by atoms with E-state index in [9.17, 15) is 22.8 Å². The summed E-state index contributed by atoms with van der Waals surface area (Å²) >= 11 is 0. The summed E-state index contributed by atoms with van der Waals surface area (Å²) in [6.45, 7) is 4.86. The molecule has 2 saturated heterocycles. The van der Waals surface area contributed by atoms with Gasteiger partial charge in [-0.25, -0.2) is 0 Å². The fourth-order valence-corrected chi connectivity index (χ4v) is 4.35. The van der Waals surface area contributed by atoms with Crippen molar-refractivity contribution in [3.05, 3.63) is 35.4 Å². The predicted octanol–water partition coefficient (Wildman–Crippen LogP) is 3.94. The first-order chi connectivity index (χ1) is 14.8. The number of benzene rings is 1. The molecule has 2 aliphatic rings. The van der Waals surface area contributed by atoms with E-state index < -0.39 is 11.7 Å². The number of carbonyl (C=O) groups excluding carboxylic acids is 2. The lowest BCUT2D eigenvalue weighted by molar-refractivity contribution is -0.137. The molecule has 1 aromatic carbocycles. The zero-order valence-corrected chi connectivity index (χ0v) is 17.9. The van der Waals surface area contributed by atoms with E-state index in [1.54, 1.807) is 4.90 Å². The number of nitrogens with one attached hydrogen (secondary N) is 1. The Hall–Kier alpha value is -2.09. The van der Waals surface area contributed by atoms with Gasteiger partial charge in [0.25, 0.3) is 5.91 Å². The summed E-state index contributed by atoms with van der Waals surface area (Å²) < 4.78 is 38.0. The van der Waals surface area contributed by atoms with Gasteiger partial charge in [-0.15, -0.1) is 0 Å². The molecule has 2 amide bonds. The molecule has 0 aromatic heterocycles. The molecule has 31 heavy (non-hydrogen) atoms. The molecule has 2 fully saturated rings. The molecule has 0 saturated carbocycles. The van der Waals surface area contributed by atoms with Crippen LogP contribution in [0.15, 0.2) is 24.3 Å². The third-order valence-corrected chi connectivity index (χ3v) is 6.26. The van der Waals surface area contributed by atoms with E-state index in [1.807, 2.05) is 0 Å². The Morgan fingerprint density at radius 3 is 2.13 bits per heavy atom. The third-order valence-electron chi connectivity index (χ3n) is 6.26. The monoisotopic (exact) mass is 439 g/mol. The number of piperidine rings is 1. The minimum Gasteiger partial charge on any atom is -0.356 e. The van der Waals surface area contributed by atoms with E-state index in [-0.39, 0.29) is 23.3 Å². The predicted molar refractivity (Wildman–Crippen MR) is 113 cm³/mol. The molecule has 172 valence electrons. The van der Waals surface area contributed by atoms with Crippen molar-refractivity contribution in [1.82, 2.24) is 15.1 Å². The van der Waals surface area contributed by atoms with Crippen molar-refractivity contribution in [2.45, 2.75) is 51.1 Å². The van der Waals surface area contributed by atoms with Gasteiger partial charge >= 0.3 is 6.18 Å². The summed E-state index contributed by atoms with van der Waals surface area (Å²) in [6.07, 6.45) is 2.82. The molecule has 0 bridgehead atoms.